The van der Waals surface area contributed by atoms with Gasteiger partial charge in [-0.05, 0) is 62.2 Å². The van der Waals surface area contributed by atoms with E-state index in [9.17, 15) is 45.3 Å². The topological polar surface area (TPSA) is 222 Å². The van der Waals surface area contributed by atoms with Gasteiger partial charge < -0.3 is 59.4 Å². The van der Waals surface area contributed by atoms with Crippen molar-refractivity contribution < 1.29 is 69.0 Å². The van der Waals surface area contributed by atoms with Gasteiger partial charge in [0.1, 0.15) is 54.3 Å². The molecule has 0 aromatic heterocycles. The molecule has 5 fully saturated rings. The van der Waals surface area contributed by atoms with Gasteiger partial charge in [-0.2, -0.15) is 0 Å². The first-order valence-corrected chi connectivity index (χ1v) is 20.5. The van der Waals surface area contributed by atoms with Crippen molar-refractivity contribution in [2.24, 2.45) is 45.3 Å². The van der Waals surface area contributed by atoms with E-state index < -0.39 is 113 Å². The Morgan fingerprint density at radius 1 is 0.839 bits per heavy atom. The molecule has 0 spiro atoms. The second-order valence-electron chi connectivity index (χ2n) is 19.7. The van der Waals surface area contributed by atoms with Crippen LogP contribution in [0.15, 0.2) is 23.5 Å². The molecule has 3 heterocycles. The molecule has 0 aromatic carbocycles. The van der Waals surface area contributed by atoms with Crippen molar-refractivity contribution in [2.45, 2.75) is 174 Å². The Hall–Kier alpha value is -1.82. The molecule has 0 amide bonds. The number of carbonyl (C=O) groups excluding carboxylic acids is 2. The summed E-state index contributed by atoms with van der Waals surface area (Å²) >= 11 is 0. The van der Waals surface area contributed by atoms with Crippen LogP contribution in [-0.2, 0) is 33.3 Å². The van der Waals surface area contributed by atoms with Crippen LogP contribution in [-0.4, -0.2) is 133 Å². The van der Waals surface area contributed by atoms with Gasteiger partial charge in [0.05, 0.1) is 24.9 Å². The third-order valence-corrected chi connectivity index (χ3v) is 16.0. The summed E-state index contributed by atoms with van der Waals surface area (Å²) in [6.07, 6.45) is -9.67. The number of allylic oxidation sites excluding steroid dienone is 2. The quantitative estimate of drug-likeness (QED) is 0.183. The van der Waals surface area contributed by atoms with Crippen LogP contribution in [0.25, 0.3) is 0 Å². The number of carbonyl (C=O) groups is 2. The van der Waals surface area contributed by atoms with Crippen LogP contribution in [0.5, 0.6) is 0 Å². The normalized spacial score (nSPS) is 52.8. The first kappa shape index (κ1) is 42.3. The molecule has 3 saturated carbocycles. The molecule has 0 unspecified atom stereocenters. The van der Waals surface area contributed by atoms with Crippen molar-refractivity contribution in [3.05, 3.63) is 23.5 Å². The molecule has 3 aliphatic heterocycles. The van der Waals surface area contributed by atoms with Crippen LogP contribution in [0.4, 0.5) is 0 Å². The lowest BCUT2D eigenvalue weighted by molar-refractivity contribution is -0.372. The van der Waals surface area contributed by atoms with Crippen molar-refractivity contribution in [3.63, 3.8) is 0 Å². The largest absolute Gasteiger partial charge is 0.483 e. The van der Waals surface area contributed by atoms with Crippen LogP contribution in [0.3, 0.4) is 0 Å². The minimum Gasteiger partial charge on any atom is -0.483 e. The lowest BCUT2D eigenvalue weighted by Gasteiger charge is -2.65. The van der Waals surface area contributed by atoms with Crippen molar-refractivity contribution in [1.82, 2.24) is 0 Å². The van der Waals surface area contributed by atoms with Crippen molar-refractivity contribution in [1.29, 1.82) is 0 Å². The molecule has 0 radical (unpaired) electrons. The lowest BCUT2D eigenvalue weighted by Crippen LogP contribution is -2.66. The summed E-state index contributed by atoms with van der Waals surface area (Å²) in [5.41, 5.74) is -2.90. The number of ether oxygens (including phenoxy) is 5. The van der Waals surface area contributed by atoms with Gasteiger partial charge in [0.2, 0.25) is 5.78 Å². The summed E-state index contributed by atoms with van der Waals surface area (Å²) in [4.78, 5) is 28.6. The highest BCUT2D eigenvalue weighted by Gasteiger charge is 2.75. The van der Waals surface area contributed by atoms with Crippen molar-refractivity contribution in [3.8, 4) is 0 Å². The maximum absolute atomic E-state index is 14.9. The zero-order chi connectivity index (χ0) is 41.2. The Morgan fingerprint density at radius 3 is 2.14 bits per heavy atom. The van der Waals surface area contributed by atoms with E-state index >= 15 is 0 Å². The van der Waals surface area contributed by atoms with E-state index in [0.29, 0.717) is 31.4 Å². The average Bonchev–Trinajstić information content (AvgIpc) is 3.54. The van der Waals surface area contributed by atoms with Gasteiger partial charge in [-0.25, -0.2) is 0 Å². The van der Waals surface area contributed by atoms with Crippen molar-refractivity contribution in [2.75, 3.05) is 6.61 Å². The van der Waals surface area contributed by atoms with E-state index in [0.717, 1.165) is 5.57 Å². The number of hydrogen-bond donors (Lipinski definition) is 7. The fraction of sp³-hybridized carbons (Fsp3) is 0.857. The van der Waals surface area contributed by atoms with E-state index in [1.54, 1.807) is 13.0 Å². The number of fused-ring (bicyclic) bond motifs is 5. The molecule has 0 bridgehead atoms. The molecule has 14 heteroatoms. The van der Waals surface area contributed by atoms with E-state index in [-0.39, 0.29) is 35.7 Å². The average molecular weight is 793 g/mol. The highest BCUT2D eigenvalue weighted by molar-refractivity contribution is 6.00. The number of hydrogen-bond acceptors (Lipinski definition) is 14. The SMILES string of the molecule is CC(C)C1=CC(=O)[C@@](C)([C@H]2[C@H](O)C[C@@]3(C)[C@@H]4CC=C5[C@@H](CC[C@@H](O[C@@H]6O[C@H](CO)[C@@H](O)[C@H](O)[C@H]6O[C@@H]6O[C@@H](C)[C@H](O)[C@@H](O)[C@H]6O)C5(C)C)[C@]4(C)C(=O)C[C@]23C)O1. The summed E-state index contributed by atoms with van der Waals surface area (Å²) in [6.45, 7) is 17.0. The van der Waals surface area contributed by atoms with Crippen LogP contribution in [0.1, 0.15) is 94.4 Å². The van der Waals surface area contributed by atoms with Gasteiger partial charge in [0, 0.05) is 35.2 Å². The standard InChI is InChI=1S/C42H64O14/c1-18(2)23-14-26(45)42(9,56-23)35-22(44)15-39(6)25-12-10-20-21(41(25,8)27(46)16-40(35,39)7)11-13-28(38(20,4)5)54-37-34(32(50)30(48)24(17-43)53-37)55-36-33(51)31(49)29(47)19(3)52-36/h10,14,18-19,21-22,24-25,28-37,43-44,47-51H,11-13,15-17H2,1-9H3/t19-,21+,22+,24+,25-,28+,29-,30+,31+,32-,33+,34+,35-,36-,37-,39-,40+,41-,42-/m0/s1. The van der Waals surface area contributed by atoms with Gasteiger partial charge in [-0.1, -0.05) is 60.1 Å². The Balaban J connectivity index is 1.16. The van der Waals surface area contributed by atoms with Crippen molar-refractivity contribution >= 4 is 11.6 Å². The smallest absolute Gasteiger partial charge is 0.202 e. The molecular formula is C42H64O14. The van der Waals surface area contributed by atoms with E-state index in [1.807, 2.05) is 27.7 Å². The van der Waals surface area contributed by atoms with Crippen LogP contribution < -0.4 is 0 Å². The van der Waals surface area contributed by atoms with Gasteiger partial charge >= 0.3 is 0 Å². The third kappa shape index (κ3) is 5.90. The number of aliphatic hydroxyl groups is 7. The van der Waals surface area contributed by atoms with E-state index in [1.165, 1.54) is 6.92 Å². The first-order chi connectivity index (χ1) is 26.0. The molecule has 0 aromatic rings. The summed E-state index contributed by atoms with van der Waals surface area (Å²) in [5.74, 6) is -0.314. The van der Waals surface area contributed by atoms with Gasteiger partial charge in [0.25, 0.3) is 0 Å². The molecule has 14 nitrogen and oxygen atoms in total. The highest BCUT2D eigenvalue weighted by atomic mass is 16.8. The monoisotopic (exact) mass is 792 g/mol. The molecule has 7 N–H and O–H groups in total. The second kappa shape index (κ2) is 14.1. The molecule has 7 aliphatic rings. The minimum absolute atomic E-state index is 0.00153. The Bertz CT molecular complexity index is 1630. The van der Waals surface area contributed by atoms with Crippen LogP contribution in [0, 0.1) is 45.3 Å². The second-order valence-corrected chi connectivity index (χ2v) is 19.7. The predicted octanol–water partition coefficient (Wildman–Crippen LogP) is 1.68. The zero-order valence-electron chi connectivity index (χ0n) is 34.1. The fourth-order valence-corrected chi connectivity index (χ4v) is 12.5. The Labute approximate surface area is 329 Å². The third-order valence-electron chi connectivity index (χ3n) is 16.0. The first-order valence-electron chi connectivity index (χ1n) is 20.5. The van der Waals surface area contributed by atoms with Crippen LogP contribution in [0.2, 0.25) is 0 Å². The Morgan fingerprint density at radius 2 is 1.52 bits per heavy atom. The molecule has 316 valence electrons. The lowest BCUT2D eigenvalue weighted by atomic mass is 9.38. The van der Waals surface area contributed by atoms with E-state index in [2.05, 4.69) is 26.8 Å². The molecule has 7 rings (SSSR count). The zero-order valence-corrected chi connectivity index (χ0v) is 34.1. The number of Topliss-reactive ketones (excluding diaryl/α,β-unsaturated/α-hetero) is 1. The summed E-state index contributed by atoms with van der Waals surface area (Å²) in [5, 5.41) is 75.3. The molecule has 56 heavy (non-hydrogen) atoms. The van der Waals surface area contributed by atoms with Crippen LogP contribution >= 0.6 is 0 Å². The fourth-order valence-electron chi connectivity index (χ4n) is 12.5. The molecule has 4 aliphatic carbocycles. The predicted molar refractivity (Wildman–Crippen MR) is 198 cm³/mol. The maximum Gasteiger partial charge on any atom is 0.202 e. The molecular weight excluding hydrogens is 728 g/mol. The molecule has 19 atom stereocenters. The summed E-state index contributed by atoms with van der Waals surface area (Å²) in [7, 11) is 0. The number of rotatable bonds is 7. The van der Waals surface area contributed by atoms with Gasteiger partial charge in [-0.15, -0.1) is 0 Å². The Kier molecular flexibility index (Phi) is 10.7. The van der Waals surface area contributed by atoms with Gasteiger partial charge in [0.15, 0.2) is 18.2 Å². The number of aliphatic hydroxyl groups excluding tert-OH is 7. The maximum atomic E-state index is 14.9. The summed E-state index contributed by atoms with van der Waals surface area (Å²) in [6, 6.07) is 0. The van der Waals surface area contributed by atoms with E-state index in [4.69, 9.17) is 23.7 Å². The number of ketones is 2. The summed E-state index contributed by atoms with van der Waals surface area (Å²) < 4.78 is 30.7. The minimum atomic E-state index is -1.69. The molecule has 2 saturated heterocycles. The highest BCUT2D eigenvalue weighted by Crippen LogP contribution is 2.74. The van der Waals surface area contributed by atoms with Gasteiger partial charge in [-0.3, -0.25) is 9.59 Å².